The molecule has 0 atom stereocenters. The van der Waals surface area contributed by atoms with Gasteiger partial charge in [0.2, 0.25) is 0 Å². The minimum absolute atomic E-state index is 0. The van der Waals surface area contributed by atoms with E-state index in [0.29, 0.717) is 11.2 Å². The molecule has 0 radical (unpaired) electrons. The van der Waals surface area contributed by atoms with Gasteiger partial charge in [-0.05, 0) is 18.2 Å². The van der Waals surface area contributed by atoms with Crippen molar-refractivity contribution in [2.24, 2.45) is 0 Å². The minimum Gasteiger partial charge on any atom is -0.248 e. The summed E-state index contributed by atoms with van der Waals surface area (Å²) in [5.74, 6) is 0. The maximum Gasteiger partial charge on any atom is 0.417 e. The second-order valence-electron chi connectivity index (χ2n) is 4.43. The summed E-state index contributed by atoms with van der Waals surface area (Å²) < 4.78 is 39.1. The monoisotopic (exact) mass is 309 g/mol. The second-order valence-corrected chi connectivity index (χ2v) is 4.43. The van der Waals surface area contributed by atoms with Gasteiger partial charge in [0, 0.05) is 10.9 Å². The molecule has 0 saturated carbocycles. The van der Waals surface area contributed by atoms with E-state index < -0.39 is 11.7 Å². The lowest BCUT2D eigenvalue weighted by molar-refractivity contribution is -0.137. The Balaban J connectivity index is 0.00000161. The van der Waals surface area contributed by atoms with Gasteiger partial charge in [0.25, 0.3) is 0 Å². The fourth-order valence-corrected chi connectivity index (χ4v) is 2.17. The number of alkyl halides is 3. The number of benzene rings is 2. The van der Waals surface area contributed by atoms with Gasteiger partial charge in [-0.15, -0.1) is 12.4 Å². The number of halogens is 4. The zero-order valence-electron chi connectivity index (χ0n) is 10.8. The average Bonchev–Trinajstić information content (AvgIpc) is 2.46. The summed E-state index contributed by atoms with van der Waals surface area (Å²) in [6, 6.07) is 16.2. The molecule has 0 aliphatic carbocycles. The van der Waals surface area contributed by atoms with Crippen LogP contribution in [0.2, 0.25) is 0 Å². The van der Waals surface area contributed by atoms with Crippen LogP contribution in [-0.4, -0.2) is 4.98 Å². The average molecular weight is 310 g/mol. The lowest BCUT2D eigenvalue weighted by atomic mass is 10.0. The van der Waals surface area contributed by atoms with E-state index in [2.05, 4.69) is 4.98 Å². The van der Waals surface area contributed by atoms with E-state index in [1.807, 2.05) is 18.2 Å². The third-order valence-electron chi connectivity index (χ3n) is 3.11. The van der Waals surface area contributed by atoms with Gasteiger partial charge in [0.15, 0.2) is 0 Å². The van der Waals surface area contributed by atoms with Crippen LogP contribution in [0.25, 0.3) is 22.2 Å². The molecule has 0 bridgehead atoms. The number of para-hydroxylation sites is 1. The van der Waals surface area contributed by atoms with Crippen LogP contribution in [0.3, 0.4) is 0 Å². The first kappa shape index (κ1) is 15.3. The van der Waals surface area contributed by atoms with Crippen LogP contribution in [0.1, 0.15) is 5.56 Å². The number of pyridine rings is 1. The summed E-state index contributed by atoms with van der Waals surface area (Å²) in [6.07, 6.45) is -4.39. The summed E-state index contributed by atoms with van der Waals surface area (Å²) in [7, 11) is 0. The number of aromatic nitrogens is 1. The SMILES string of the molecule is Cl.FC(F)(F)c1ccccc1-c1ccc2ccccc2n1. The lowest BCUT2D eigenvalue weighted by Crippen LogP contribution is -2.07. The van der Waals surface area contributed by atoms with Gasteiger partial charge in [0.1, 0.15) is 0 Å². The van der Waals surface area contributed by atoms with Crippen molar-refractivity contribution >= 4 is 23.3 Å². The van der Waals surface area contributed by atoms with Crippen LogP contribution in [0.5, 0.6) is 0 Å². The van der Waals surface area contributed by atoms with Gasteiger partial charge in [-0.2, -0.15) is 13.2 Å². The highest BCUT2D eigenvalue weighted by atomic mass is 35.5. The van der Waals surface area contributed by atoms with Crippen molar-refractivity contribution in [3.05, 3.63) is 66.2 Å². The highest BCUT2D eigenvalue weighted by molar-refractivity contribution is 5.85. The number of hydrogen-bond acceptors (Lipinski definition) is 1. The molecule has 2 aromatic carbocycles. The summed E-state index contributed by atoms with van der Waals surface area (Å²) >= 11 is 0. The number of rotatable bonds is 1. The Morgan fingerprint density at radius 1 is 0.762 bits per heavy atom. The van der Waals surface area contributed by atoms with Crippen molar-refractivity contribution in [3.8, 4) is 11.3 Å². The van der Waals surface area contributed by atoms with Gasteiger partial charge in [-0.25, -0.2) is 4.98 Å². The zero-order valence-corrected chi connectivity index (χ0v) is 11.6. The summed E-state index contributed by atoms with van der Waals surface area (Å²) in [5.41, 5.74) is 0.451. The van der Waals surface area contributed by atoms with E-state index in [1.54, 1.807) is 24.3 Å². The van der Waals surface area contributed by atoms with Gasteiger partial charge < -0.3 is 0 Å². The Morgan fingerprint density at radius 3 is 2.19 bits per heavy atom. The highest BCUT2D eigenvalue weighted by Crippen LogP contribution is 2.36. The van der Waals surface area contributed by atoms with E-state index in [-0.39, 0.29) is 18.0 Å². The minimum atomic E-state index is -4.39. The molecule has 0 fully saturated rings. The van der Waals surface area contributed by atoms with E-state index in [9.17, 15) is 13.2 Å². The normalized spacial score (nSPS) is 11.2. The third kappa shape index (κ3) is 3.00. The largest absolute Gasteiger partial charge is 0.417 e. The summed E-state index contributed by atoms with van der Waals surface area (Å²) in [5, 5.41) is 0.903. The molecule has 21 heavy (non-hydrogen) atoms. The second kappa shape index (κ2) is 5.74. The molecule has 1 aromatic heterocycles. The molecule has 108 valence electrons. The van der Waals surface area contributed by atoms with Crippen molar-refractivity contribution in [2.75, 3.05) is 0 Å². The smallest absolute Gasteiger partial charge is 0.248 e. The fourth-order valence-electron chi connectivity index (χ4n) is 2.17. The molecule has 0 spiro atoms. The Morgan fingerprint density at radius 2 is 1.43 bits per heavy atom. The molecule has 0 unspecified atom stereocenters. The molecule has 0 amide bonds. The van der Waals surface area contributed by atoms with E-state index in [4.69, 9.17) is 0 Å². The topological polar surface area (TPSA) is 12.9 Å². The Bertz CT molecular complexity index is 769. The van der Waals surface area contributed by atoms with E-state index in [0.717, 1.165) is 11.5 Å². The number of fused-ring (bicyclic) bond motifs is 1. The predicted octanol–water partition coefficient (Wildman–Crippen LogP) is 5.34. The molecule has 0 N–H and O–H groups in total. The molecule has 0 aliphatic heterocycles. The molecular weight excluding hydrogens is 299 g/mol. The molecular formula is C16H11ClF3N. The zero-order chi connectivity index (χ0) is 14.2. The Hall–Kier alpha value is -2.07. The van der Waals surface area contributed by atoms with Gasteiger partial charge in [-0.1, -0.05) is 42.5 Å². The quantitative estimate of drug-likeness (QED) is 0.591. The van der Waals surface area contributed by atoms with Crippen molar-refractivity contribution in [1.82, 2.24) is 4.98 Å². The van der Waals surface area contributed by atoms with Crippen LogP contribution in [-0.2, 0) is 6.18 Å². The number of nitrogens with zero attached hydrogens (tertiary/aromatic N) is 1. The van der Waals surface area contributed by atoms with Crippen molar-refractivity contribution in [1.29, 1.82) is 0 Å². The van der Waals surface area contributed by atoms with Crippen molar-refractivity contribution in [2.45, 2.75) is 6.18 Å². The van der Waals surface area contributed by atoms with Crippen LogP contribution >= 0.6 is 12.4 Å². The Labute approximate surface area is 125 Å². The predicted molar refractivity (Wildman–Crippen MR) is 79.4 cm³/mol. The first-order valence-electron chi connectivity index (χ1n) is 6.08. The van der Waals surface area contributed by atoms with E-state index in [1.165, 1.54) is 12.1 Å². The maximum absolute atomic E-state index is 13.0. The van der Waals surface area contributed by atoms with Crippen LogP contribution < -0.4 is 0 Å². The summed E-state index contributed by atoms with van der Waals surface area (Å²) in [6.45, 7) is 0. The fraction of sp³-hybridized carbons (Fsp3) is 0.0625. The molecule has 5 heteroatoms. The molecule has 0 saturated heterocycles. The molecule has 3 rings (SSSR count). The lowest BCUT2D eigenvalue weighted by Gasteiger charge is -2.12. The molecule has 1 heterocycles. The van der Waals surface area contributed by atoms with Crippen molar-refractivity contribution < 1.29 is 13.2 Å². The van der Waals surface area contributed by atoms with Crippen LogP contribution in [0, 0.1) is 0 Å². The Kier molecular flexibility index (Phi) is 4.19. The van der Waals surface area contributed by atoms with Crippen LogP contribution in [0.15, 0.2) is 60.7 Å². The molecule has 3 aromatic rings. The first-order valence-corrected chi connectivity index (χ1v) is 6.08. The van der Waals surface area contributed by atoms with Crippen molar-refractivity contribution in [3.63, 3.8) is 0 Å². The van der Waals surface area contributed by atoms with Gasteiger partial charge in [0.05, 0.1) is 16.8 Å². The van der Waals surface area contributed by atoms with E-state index >= 15 is 0 Å². The highest BCUT2D eigenvalue weighted by Gasteiger charge is 2.33. The molecule has 1 nitrogen and oxygen atoms in total. The summed E-state index contributed by atoms with van der Waals surface area (Å²) in [4.78, 5) is 4.32. The first-order chi connectivity index (χ1) is 9.55. The standard InChI is InChI=1S/C16H10F3N.ClH/c17-16(18,19)13-7-3-2-6-12(13)15-10-9-11-5-1-4-8-14(11)20-15;/h1-10H;1H. The van der Waals surface area contributed by atoms with Gasteiger partial charge >= 0.3 is 6.18 Å². The maximum atomic E-state index is 13.0. The third-order valence-corrected chi connectivity index (χ3v) is 3.11. The van der Waals surface area contributed by atoms with Crippen LogP contribution in [0.4, 0.5) is 13.2 Å². The number of hydrogen-bond donors (Lipinski definition) is 0. The van der Waals surface area contributed by atoms with Gasteiger partial charge in [-0.3, -0.25) is 0 Å². The molecule has 0 aliphatic rings.